The maximum Gasteiger partial charge on any atom is 0.369 e. The molecular weight excluding hydrogens is 1360 g/mol. The number of halogens is 1. The van der Waals surface area contributed by atoms with Crippen LogP contribution < -0.4 is 41.7 Å². The Kier molecular flexibility index (Phi) is 19.1. The fraction of sp³-hybridized carbons (Fsp3) is 0.310. The smallest absolute Gasteiger partial charge is 0.369 e. The third-order valence-corrected chi connectivity index (χ3v) is 18.7. The molecular formula is C58H61IN20O8S4. The van der Waals surface area contributed by atoms with Crippen LogP contribution in [0, 0.1) is 38.3 Å². The molecule has 0 unspecified atom stereocenters. The van der Waals surface area contributed by atoms with Crippen molar-refractivity contribution in [3.05, 3.63) is 204 Å². The number of nitrogens with zero attached hydrogens (tertiary/aromatic N) is 20. The monoisotopic (exact) mass is 1430 g/mol. The summed E-state index contributed by atoms with van der Waals surface area (Å²) >= 11 is 6.93. The van der Waals surface area contributed by atoms with Gasteiger partial charge >= 0.3 is 22.8 Å². The van der Waals surface area contributed by atoms with E-state index in [9.17, 15) is 19.2 Å². The minimum Gasteiger partial charge on any atom is -0.488 e. The van der Waals surface area contributed by atoms with E-state index >= 15 is 0 Å². The Labute approximate surface area is 554 Å². The highest BCUT2D eigenvalue weighted by molar-refractivity contribution is 14.1. The minimum atomic E-state index is -0.332. The van der Waals surface area contributed by atoms with Crippen molar-refractivity contribution in [1.29, 1.82) is 0 Å². The molecule has 8 heterocycles. The molecule has 91 heavy (non-hydrogen) atoms. The Morgan fingerprint density at radius 3 is 1.15 bits per heavy atom. The molecule has 0 saturated heterocycles. The molecule has 1 aliphatic rings. The van der Waals surface area contributed by atoms with Crippen LogP contribution in [0.2, 0.25) is 0 Å². The number of ether oxygens (including phenoxy) is 4. The Bertz CT molecular complexity index is 4830. The van der Waals surface area contributed by atoms with Crippen molar-refractivity contribution in [2.75, 3.05) is 0 Å². The Morgan fingerprint density at radius 2 is 0.780 bits per heavy atom. The average Bonchev–Trinajstić information content (AvgIpc) is 1.65. The van der Waals surface area contributed by atoms with Gasteiger partial charge in [-0.1, -0.05) is 79.6 Å². The number of hydrogen-bond acceptors (Lipinski definition) is 24. The molecule has 1 aliphatic carbocycles. The van der Waals surface area contributed by atoms with E-state index in [0.29, 0.717) is 73.9 Å². The fourth-order valence-corrected chi connectivity index (χ4v) is 12.8. The van der Waals surface area contributed by atoms with Crippen molar-refractivity contribution in [1.82, 2.24) is 96.7 Å². The van der Waals surface area contributed by atoms with E-state index in [1.54, 1.807) is 101 Å². The molecule has 0 spiro atoms. The van der Waals surface area contributed by atoms with E-state index in [2.05, 4.69) is 81.8 Å². The first-order chi connectivity index (χ1) is 45.5. The van der Waals surface area contributed by atoms with E-state index < -0.39 is 0 Å². The lowest BCUT2D eigenvalue weighted by Gasteiger charge is -2.10. The molecule has 13 rings (SSSR count). The van der Waals surface area contributed by atoms with Crippen LogP contribution in [0.5, 0.6) is 23.0 Å². The second kappa shape index (κ2) is 29.2. The third kappa shape index (κ3) is 14.9. The van der Waals surface area contributed by atoms with Crippen molar-refractivity contribution in [3.8, 4) is 43.0 Å². The van der Waals surface area contributed by atoms with Crippen LogP contribution in [0.3, 0.4) is 0 Å². The average molecular weight is 1430 g/mol. The first kappa shape index (κ1) is 59.4. The number of para-hydroxylation sites is 4. The summed E-state index contributed by atoms with van der Waals surface area (Å²) in [5, 5.41) is 33.0. The van der Waals surface area contributed by atoms with Crippen LogP contribution in [0.1, 0.15) is 92.8 Å². The summed E-state index contributed by atoms with van der Waals surface area (Å²) < 4.78 is 81.9. The zero-order chi connectivity index (χ0) is 67.9. The molecule has 1 saturated carbocycles. The van der Waals surface area contributed by atoms with Gasteiger partial charge in [0.05, 0.1) is 28.1 Å². The summed E-state index contributed by atoms with van der Waals surface area (Å²) in [6, 6.07) is 22.6. The van der Waals surface area contributed by atoms with Gasteiger partial charge in [-0.15, -0.1) is 18.7 Å². The molecule has 0 atom stereocenters. The summed E-state index contributed by atoms with van der Waals surface area (Å²) in [5.41, 5.74) is 8.25. The Morgan fingerprint density at radius 1 is 0.451 bits per heavy atom. The van der Waals surface area contributed by atoms with Crippen molar-refractivity contribution in [3.63, 3.8) is 0 Å². The number of benzene rings is 4. The molecule has 8 aromatic heterocycles. The lowest BCUT2D eigenvalue weighted by molar-refractivity contribution is 0.302. The van der Waals surface area contributed by atoms with E-state index in [1.165, 1.54) is 74.2 Å². The largest absolute Gasteiger partial charge is 0.488 e. The highest BCUT2D eigenvalue weighted by Gasteiger charge is 2.32. The van der Waals surface area contributed by atoms with Crippen molar-refractivity contribution in [2.45, 2.75) is 93.2 Å². The van der Waals surface area contributed by atoms with E-state index in [0.717, 1.165) is 99.7 Å². The Hall–Kier alpha value is -9.19. The molecule has 33 heteroatoms. The quantitative estimate of drug-likeness (QED) is 0.0747. The van der Waals surface area contributed by atoms with Gasteiger partial charge in [0.2, 0.25) is 0 Å². The topological polar surface area (TPSA) is 299 Å². The second-order valence-electron chi connectivity index (χ2n) is 20.3. The third-order valence-electron chi connectivity index (χ3n) is 13.9. The van der Waals surface area contributed by atoms with Gasteiger partial charge < -0.3 is 18.9 Å². The second-order valence-corrected chi connectivity index (χ2v) is 24.3. The molecule has 0 radical (unpaired) electrons. The maximum atomic E-state index is 12.2. The highest BCUT2D eigenvalue weighted by atomic mass is 127. The molecule has 1 fully saturated rings. The fourth-order valence-electron chi connectivity index (χ4n) is 8.50. The summed E-state index contributed by atoms with van der Waals surface area (Å²) in [6.45, 7) is 12.5. The number of aryl methyl sites for hydroxylation is 10. The highest BCUT2D eigenvalue weighted by Crippen LogP contribution is 2.43. The van der Waals surface area contributed by atoms with E-state index in [-0.39, 0.29) is 42.6 Å². The normalized spacial score (nSPS) is 12.3. The van der Waals surface area contributed by atoms with Crippen LogP contribution in [0.4, 0.5) is 0 Å². The summed E-state index contributed by atoms with van der Waals surface area (Å²) in [5.74, 6) is 3.26. The van der Waals surface area contributed by atoms with Gasteiger partial charge in [0, 0.05) is 50.8 Å². The predicted molar refractivity (Wildman–Crippen MR) is 350 cm³/mol. The molecule has 0 amide bonds. The van der Waals surface area contributed by atoms with Crippen LogP contribution in [-0.2, 0) is 61.0 Å². The molecule has 0 bridgehead atoms. The van der Waals surface area contributed by atoms with Crippen LogP contribution >= 0.6 is 68.7 Å². The molecule has 4 aromatic carbocycles. The first-order valence-electron chi connectivity index (χ1n) is 29.8. The standard InChI is InChI=1S/C16H17N5O2S.C15H17N5O2S.C14H15N5O2S.C13H12IN5O2S/c1-10-5-3-4-6-13(10)23-9-12-14(11-7-8-11)17-24-15(12)21-16(22)20(2)18-19-21;1-4-12-11(9-22-13-8-6-5-7-10(13)2)14(23-16-12)20-15(21)19(3)17-18-20;1-9-6-4-5-7-12(9)21-8-11-10(2)15-22-13(11)19-14(20)18(3)16-17-19;1-8-5-3-4-6-10(8)21-7-9-11(14)15-22-12(9)19-13(20)18(2)16-17-19/h3-6,11H,7-9H2,1-2H3;5-8H,4,9H2,1-3H3;4-7H,8H2,1-3H3;3-6H,7H2,1-2H3/i3T;5T;4T;3T. The number of aromatic nitrogens is 20. The predicted octanol–water partition coefficient (Wildman–Crippen LogP) is 7.59. The first-order valence-corrected chi connectivity index (χ1v) is 32.0. The summed E-state index contributed by atoms with van der Waals surface area (Å²) in [6.07, 6.45) is 2.95. The van der Waals surface area contributed by atoms with Gasteiger partial charge in [-0.25, -0.2) is 19.2 Å². The molecule has 0 aliphatic heterocycles. The minimum absolute atomic E-state index is 0.255. The number of tetrazole rings is 4. The Balaban J connectivity index is 0.000000138. The molecule has 28 nitrogen and oxygen atoms in total. The van der Waals surface area contributed by atoms with Crippen molar-refractivity contribution >= 4 is 68.7 Å². The maximum absolute atomic E-state index is 12.2. The van der Waals surface area contributed by atoms with Crippen LogP contribution in [0.15, 0.2) is 116 Å². The van der Waals surface area contributed by atoms with Gasteiger partial charge in [0.25, 0.3) is 0 Å². The lowest BCUT2D eigenvalue weighted by Crippen LogP contribution is -2.22. The number of rotatable bonds is 18. The van der Waals surface area contributed by atoms with Gasteiger partial charge in [-0.3, -0.25) is 0 Å². The summed E-state index contributed by atoms with van der Waals surface area (Å²) in [7, 11) is 6.20. The van der Waals surface area contributed by atoms with E-state index in [1.807, 2.05) is 41.5 Å². The van der Waals surface area contributed by atoms with Gasteiger partial charge in [-0.05, 0) is 211 Å². The van der Waals surface area contributed by atoms with Gasteiger partial charge in [-0.2, -0.15) is 36.2 Å². The van der Waals surface area contributed by atoms with Gasteiger partial charge in [0.15, 0.2) is 20.0 Å². The van der Waals surface area contributed by atoms with Crippen LogP contribution in [0.25, 0.3) is 20.0 Å². The zero-order valence-corrected chi connectivity index (χ0v) is 56.1. The van der Waals surface area contributed by atoms with Crippen molar-refractivity contribution in [2.24, 2.45) is 28.2 Å². The number of hydrogen-bond donors (Lipinski definition) is 0. The van der Waals surface area contributed by atoms with Gasteiger partial charge in [0.1, 0.15) is 53.1 Å². The molecule has 0 N–H and O–H groups in total. The summed E-state index contributed by atoms with van der Waals surface area (Å²) in [4.78, 5) is 48.3. The molecule has 12 aromatic rings. The zero-order valence-electron chi connectivity index (χ0n) is 54.7. The SMILES string of the molecule is [3H]c1ccc(OCc2c(C)nsc2-n2nnn(C)c2=O)c(C)c1.[3H]c1ccc(OCc2c(C3CC3)nsc2-n2nnn(C)c2=O)c(C)c1.[3H]c1ccc(OCc2c(CC)nsc2-n2nnn(C)c2=O)c(C)c1.[3H]c1ccc(OCc2c(I)nsc2-n2nnn(C)c2=O)c(C)c1. The van der Waals surface area contributed by atoms with Crippen molar-refractivity contribution < 1.29 is 24.4 Å². The van der Waals surface area contributed by atoms with Crippen LogP contribution in [-0.4, -0.2) is 96.7 Å². The van der Waals surface area contributed by atoms with E-state index in [4.69, 9.17) is 24.4 Å². The molecule has 472 valence electrons. The lowest BCUT2D eigenvalue weighted by atomic mass is 10.1.